The Labute approximate surface area is 122 Å². The number of hydrogen-bond acceptors (Lipinski definition) is 4. The van der Waals surface area contributed by atoms with E-state index in [-0.39, 0.29) is 0 Å². The second-order valence-corrected chi connectivity index (χ2v) is 6.93. The minimum atomic E-state index is 0.408. The van der Waals surface area contributed by atoms with Gasteiger partial charge in [-0.05, 0) is 23.2 Å². The van der Waals surface area contributed by atoms with Crippen molar-refractivity contribution < 1.29 is 0 Å². The van der Waals surface area contributed by atoms with Gasteiger partial charge in [0.25, 0.3) is 0 Å². The zero-order chi connectivity index (χ0) is 15.0. The topological polar surface area (TPSA) is 49.8 Å². The van der Waals surface area contributed by atoms with Gasteiger partial charge < -0.3 is 10.6 Å². The third-order valence-electron chi connectivity index (χ3n) is 5.31. The van der Waals surface area contributed by atoms with Crippen LogP contribution in [0, 0.1) is 16.7 Å². The summed E-state index contributed by atoms with van der Waals surface area (Å²) in [6, 6.07) is 1.99. The van der Waals surface area contributed by atoms with Crippen LogP contribution in [0.15, 0.2) is 6.07 Å². The molecule has 1 heterocycles. The van der Waals surface area contributed by atoms with Crippen LogP contribution in [0.4, 0.5) is 11.6 Å². The van der Waals surface area contributed by atoms with Gasteiger partial charge in [0.15, 0.2) is 0 Å². The van der Waals surface area contributed by atoms with E-state index < -0.39 is 0 Å². The first-order chi connectivity index (χ1) is 9.32. The molecular formula is C16H28N4. The fourth-order valence-electron chi connectivity index (χ4n) is 3.10. The fraction of sp³-hybridized carbons (Fsp3) is 0.750. The standard InChI is InChI=1S/C16H28N4/c1-7-8-12-19-13(17-6)9-14(20-12)18-10-11-15(2,3)16(11,4)5/h9,11H,7-8,10H2,1-6H3,(H2,17,18,19,20). The molecule has 0 unspecified atom stereocenters. The third kappa shape index (κ3) is 2.60. The van der Waals surface area contributed by atoms with E-state index in [1.54, 1.807) is 0 Å². The van der Waals surface area contributed by atoms with Gasteiger partial charge in [-0.1, -0.05) is 34.6 Å². The van der Waals surface area contributed by atoms with E-state index in [0.29, 0.717) is 16.7 Å². The van der Waals surface area contributed by atoms with Crippen molar-refractivity contribution in [2.24, 2.45) is 16.7 Å². The number of aryl methyl sites for hydroxylation is 1. The molecule has 4 heteroatoms. The Morgan fingerprint density at radius 3 is 2.20 bits per heavy atom. The average molecular weight is 276 g/mol. The molecule has 0 aliphatic heterocycles. The van der Waals surface area contributed by atoms with Crippen LogP contribution in [0.2, 0.25) is 0 Å². The van der Waals surface area contributed by atoms with Crippen LogP contribution in [-0.2, 0) is 6.42 Å². The van der Waals surface area contributed by atoms with Gasteiger partial charge in [-0.2, -0.15) is 0 Å². The van der Waals surface area contributed by atoms with Crippen LogP contribution in [-0.4, -0.2) is 23.6 Å². The summed E-state index contributed by atoms with van der Waals surface area (Å²) in [5, 5.41) is 6.61. The lowest BCUT2D eigenvalue weighted by Gasteiger charge is -2.10. The van der Waals surface area contributed by atoms with Crippen LogP contribution in [0.25, 0.3) is 0 Å². The summed E-state index contributed by atoms with van der Waals surface area (Å²) in [6.45, 7) is 12.5. The highest BCUT2D eigenvalue weighted by Crippen LogP contribution is 2.68. The molecule has 0 bridgehead atoms. The summed E-state index contributed by atoms with van der Waals surface area (Å²) in [6.07, 6.45) is 1.99. The monoisotopic (exact) mass is 276 g/mol. The van der Waals surface area contributed by atoms with E-state index >= 15 is 0 Å². The molecule has 112 valence electrons. The Bertz CT molecular complexity index is 465. The quantitative estimate of drug-likeness (QED) is 0.834. The third-order valence-corrected chi connectivity index (χ3v) is 5.31. The molecule has 4 nitrogen and oxygen atoms in total. The molecule has 0 aromatic carbocycles. The number of rotatable bonds is 6. The molecule has 0 atom stereocenters. The van der Waals surface area contributed by atoms with E-state index in [2.05, 4.69) is 55.2 Å². The van der Waals surface area contributed by atoms with Crippen molar-refractivity contribution in [2.75, 3.05) is 24.2 Å². The first-order valence-electron chi connectivity index (χ1n) is 7.62. The molecule has 0 saturated heterocycles. The van der Waals surface area contributed by atoms with Crippen LogP contribution in [0.1, 0.15) is 46.9 Å². The van der Waals surface area contributed by atoms with Crippen molar-refractivity contribution in [3.05, 3.63) is 11.9 Å². The molecule has 0 spiro atoms. The van der Waals surface area contributed by atoms with Gasteiger partial charge in [-0.3, -0.25) is 0 Å². The Morgan fingerprint density at radius 1 is 1.10 bits per heavy atom. The molecule has 1 fully saturated rings. The van der Waals surface area contributed by atoms with Crippen molar-refractivity contribution in [1.82, 2.24) is 9.97 Å². The lowest BCUT2D eigenvalue weighted by atomic mass is 10.0. The van der Waals surface area contributed by atoms with E-state index in [9.17, 15) is 0 Å². The average Bonchev–Trinajstić information content (AvgIpc) is 2.77. The minimum absolute atomic E-state index is 0.408. The maximum Gasteiger partial charge on any atom is 0.133 e. The Balaban J connectivity index is 2.05. The van der Waals surface area contributed by atoms with Crippen LogP contribution in [0.3, 0.4) is 0 Å². The van der Waals surface area contributed by atoms with Crippen molar-refractivity contribution in [2.45, 2.75) is 47.5 Å². The van der Waals surface area contributed by atoms with Gasteiger partial charge in [-0.25, -0.2) is 9.97 Å². The van der Waals surface area contributed by atoms with Gasteiger partial charge in [-0.15, -0.1) is 0 Å². The van der Waals surface area contributed by atoms with Crippen molar-refractivity contribution in [1.29, 1.82) is 0 Å². The van der Waals surface area contributed by atoms with Gasteiger partial charge in [0.2, 0.25) is 0 Å². The van der Waals surface area contributed by atoms with Gasteiger partial charge in [0.05, 0.1) is 0 Å². The summed E-state index contributed by atoms with van der Waals surface area (Å²) < 4.78 is 0. The zero-order valence-corrected chi connectivity index (χ0v) is 13.7. The van der Waals surface area contributed by atoms with Gasteiger partial charge in [0.1, 0.15) is 17.5 Å². The number of aromatic nitrogens is 2. The van der Waals surface area contributed by atoms with Crippen LogP contribution < -0.4 is 10.6 Å². The fourth-order valence-corrected chi connectivity index (χ4v) is 3.10. The molecule has 1 aromatic rings. The molecule has 2 rings (SSSR count). The maximum atomic E-state index is 4.60. The predicted octanol–water partition coefficient (Wildman–Crippen LogP) is 3.56. The Hall–Kier alpha value is -1.32. The molecule has 0 radical (unpaired) electrons. The van der Waals surface area contributed by atoms with E-state index in [0.717, 1.165) is 36.8 Å². The number of nitrogens with one attached hydrogen (secondary N) is 2. The molecular weight excluding hydrogens is 248 g/mol. The highest BCUT2D eigenvalue weighted by molar-refractivity contribution is 5.47. The predicted molar refractivity (Wildman–Crippen MR) is 85.1 cm³/mol. The molecule has 1 aliphatic carbocycles. The first kappa shape index (κ1) is 15.1. The van der Waals surface area contributed by atoms with Gasteiger partial charge >= 0.3 is 0 Å². The maximum absolute atomic E-state index is 4.60. The molecule has 20 heavy (non-hydrogen) atoms. The normalized spacial score (nSPS) is 19.7. The summed E-state index contributed by atoms with van der Waals surface area (Å²) >= 11 is 0. The Morgan fingerprint density at radius 2 is 1.70 bits per heavy atom. The van der Waals surface area contributed by atoms with E-state index in [4.69, 9.17) is 0 Å². The Kier molecular flexibility index (Phi) is 3.94. The van der Waals surface area contributed by atoms with Crippen molar-refractivity contribution in [3.63, 3.8) is 0 Å². The zero-order valence-electron chi connectivity index (χ0n) is 13.7. The minimum Gasteiger partial charge on any atom is -0.373 e. The van der Waals surface area contributed by atoms with Crippen molar-refractivity contribution in [3.8, 4) is 0 Å². The molecule has 1 aliphatic rings. The first-order valence-corrected chi connectivity index (χ1v) is 7.62. The van der Waals surface area contributed by atoms with E-state index in [1.807, 2.05) is 13.1 Å². The number of anilines is 2. The van der Waals surface area contributed by atoms with Crippen LogP contribution in [0.5, 0.6) is 0 Å². The van der Waals surface area contributed by atoms with E-state index in [1.165, 1.54) is 0 Å². The molecule has 2 N–H and O–H groups in total. The summed E-state index contributed by atoms with van der Waals surface area (Å²) in [5.74, 6) is 3.43. The second kappa shape index (κ2) is 5.23. The summed E-state index contributed by atoms with van der Waals surface area (Å²) in [7, 11) is 1.90. The SMILES string of the molecule is CCCc1nc(NC)cc(NCC2C(C)(C)C2(C)C)n1. The van der Waals surface area contributed by atoms with Crippen molar-refractivity contribution >= 4 is 11.6 Å². The summed E-state index contributed by atoms with van der Waals surface area (Å²) in [4.78, 5) is 9.08. The number of hydrogen-bond donors (Lipinski definition) is 2. The summed E-state index contributed by atoms with van der Waals surface area (Å²) in [5.41, 5.74) is 0.816. The molecule has 1 aromatic heterocycles. The lowest BCUT2D eigenvalue weighted by molar-refractivity contribution is 0.457. The highest BCUT2D eigenvalue weighted by atomic mass is 15.1. The highest BCUT2D eigenvalue weighted by Gasteiger charge is 2.64. The largest absolute Gasteiger partial charge is 0.373 e. The molecule has 0 amide bonds. The smallest absolute Gasteiger partial charge is 0.133 e. The number of nitrogens with zero attached hydrogens (tertiary/aromatic N) is 2. The van der Waals surface area contributed by atoms with Gasteiger partial charge in [0, 0.05) is 26.1 Å². The van der Waals surface area contributed by atoms with Crippen LogP contribution >= 0.6 is 0 Å². The lowest BCUT2D eigenvalue weighted by Crippen LogP contribution is -2.11. The second-order valence-electron chi connectivity index (χ2n) is 6.93. The molecule has 1 saturated carbocycles.